The molecular formula is C21H35NaO4S. The molecule has 4 nitrogen and oxygen atoms in total. The Morgan fingerprint density at radius 2 is 1.26 bits per heavy atom. The summed E-state index contributed by atoms with van der Waals surface area (Å²) in [5, 5.41) is 11.9. The largest absolute Gasteiger partial charge is 1.00 e. The van der Waals surface area contributed by atoms with Crippen LogP contribution in [0.5, 0.6) is 5.75 Å². The van der Waals surface area contributed by atoms with Crippen LogP contribution in [0.1, 0.15) is 96.0 Å². The number of hydrogen-bond acceptors (Lipinski definition) is 3. The molecule has 27 heavy (non-hydrogen) atoms. The van der Waals surface area contributed by atoms with Gasteiger partial charge in [0.2, 0.25) is 0 Å². The summed E-state index contributed by atoms with van der Waals surface area (Å²) in [5.41, 5.74) is 0.625. The monoisotopic (exact) mass is 406 g/mol. The Balaban J connectivity index is 0.00000676. The topological polar surface area (TPSA) is 77.4 Å². The standard InChI is InChI=1S/C21H36O4S.Na/c1-2-3-4-5-6-7-8-9-10-11-12-13-14-15-19-16-17-20(18-21(19)22)26(23,24)25;/h16-18,22H,2-15H2,1H3,(H,23,24,25);/q;+1/p-1. The minimum Gasteiger partial charge on any atom is -0.872 e. The van der Waals surface area contributed by atoms with Crippen molar-refractivity contribution in [2.45, 2.75) is 102 Å². The number of hydrogen-bond donors (Lipinski definition) is 1. The first-order valence-corrected chi connectivity index (χ1v) is 11.7. The smallest absolute Gasteiger partial charge is 0.872 e. The quantitative estimate of drug-likeness (QED) is 0.276. The van der Waals surface area contributed by atoms with E-state index in [0.717, 1.165) is 18.9 Å². The Morgan fingerprint density at radius 1 is 0.815 bits per heavy atom. The second kappa shape index (κ2) is 15.8. The van der Waals surface area contributed by atoms with Crippen LogP contribution >= 0.6 is 0 Å². The summed E-state index contributed by atoms with van der Waals surface area (Å²) in [5.74, 6) is -0.306. The Kier molecular flexibility index (Phi) is 15.8. The zero-order valence-electron chi connectivity index (χ0n) is 17.2. The van der Waals surface area contributed by atoms with E-state index in [1.54, 1.807) is 0 Å². The van der Waals surface area contributed by atoms with E-state index in [-0.39, 0.29) is 40.2 Å². The van der Waals surface area contributed by atoms with Gasteiger partial charge in [-0.25, -0.2) is 0 Å². The third kappa shape index (κ3) is 12.9. The molecule has 6 heteroatoms. The first-order valence-electron chi connectivity index (χ1n) is 10.2. The molecule has 0 aromatic heterocycles. The molecule has 0 radical (unpaired) electrons. The average molecular weight is 407 g/mol. The second-order valence-electron chi connectivity index (χ2n) is 7.24. The van der Waals surface area contributed by atoms with Gasteiger partial charge in [-0.15, -0.1) is 5.75 Å². The molecule has 1 N–H and O–H groups in total. The summed E-state index contributed by atoms with van der Waals surface area (Å²) in [6.07, 6.45) is 17.3. The molecule has 150 valence electrons. The number of aryl methyl sites for hydroxylation is 1. The molecule has 0 fully saturated rings. The van der Waals surface area contributed by atoms with Crippen LogP contribution in [0.15, 0.2) is 23.1 Å². The second-order valence-corrected chi connectivity index (χ2v) is 8.66. The van der Waals surface area contributed by atoms with Gasteiger partial charge in [-0.2, -0.15) is 8.42 Å². The maximum Gasteiger partial charge on any atom is 1.00 e. The van der Waals surface area contributed by atoms with E-state index in [1.165, 1.54) is 82.8 Å². The number of unbranched alkanes of at least 4 members (excludes halogenated alkanes) is 12. The number of rotatable bonds is 15. The van der Waals surface area contributed by atoms with Crippen molar-refractivity contribution >= 4 is 10.1 Å². The number of benzene rings is 1. The molecule has 0 spiro atoms. The molecule has 0 aliphatic rings. The fourth-order valence-corrected chi connectivity index (χ4v) is 3.73. The van der Waals surface area contributed by atoms with E-state index in [1.807, 2.05) is 0 Å². The molecule has 1 aromatic rings. The molecule has 0 unspecified atom stereocenters. The Morgan fingerprint density at radius 3 is 1.67 bits per heavy atom. The molecule has 0 aliphatic carbocycles. The molecule has 0 aliphatic heterocycles. The zero-order chi connectivity index (χ0) is 19.3. The predicted octanol–water partition coefficient (Wildman–Crippen LogP) is 2.64. The van der Waals surface area contributed by atoms with E-state index < -0.39 is 10.1 Å². The van der Waals surface area contributed by atoms with Gasteiger partial charge in [0.05, 0.1) is 4.90 Å². The summed E-state index contributed by atoms with van der Waals surface area (Å²) >= 11 is 0. The van der Waals surface area contributed by atoms with Gasteiger partial charge < -0.3 is 5.11 Å². The van der Waals surface area contributed by atoms with E-state index in [2.05, 4.69) is 6.92 Å². The fourth-order valence-electron chi connectivity index (χ4n) is 3.24. The van der Waals surface area contributed by atoms with Crippen LogP contribution in [0, 0.1) is 0 Å². The van der Waals surface area contributed by atoms with E-state index in [9.17, 15) is 13.5 Å². The van der Waals surface area contributed by atoms with Gasteiger partial charge >= 0.3 is 29.6 Å². The van der Waals surface area contributed by atoms with E-state index in [0.29, 0.717) is 12.0 Å². The van der Waals surface area contributed by atoms with Gasteiger partial charge in [-0.1, -0.05) is 95.6 Å². The first-order chi connectivity index (χ1) is 12.4. The summed E-state index contributed by atoms with van der Waals surface area (Å²) < 4.78 is 30.9. The maximum absolute atomic E-state index is 11.9. The molecule has 0 saturated carbocycles. The maximum atomic E-state index is 11.9. The Hall–Kier alpha value is -0.0700. The predicted molar refractivity (Wildman–Crippen MR) is 105 cm³/mol. The fraction of sp³-hybridized carbons (Fsp3) is 0.714. The molecule has 1 aromatic carbocycles. The van der Waals surface area contributed by atoms with Crippen LogP contribution < -0.4 is 34.7 Å². The van der Waals surface area contributed by atoms with Crippen LogP contribution in [0.4, 0.5) is 0 Å². The average Bonchev–Trinajstić information content (AvgIpc) is 2.59. The van der Waals surface area contributed by atoms with Crippen molar-refractivity contribution in [3.8, 4) is 5.75 Å². The van der Waals surface area contributed by atoms with Crippen LogP contribution in [0.2, 0.25) is 0 Å². The van der Waals surface area contributed by atoms with Crippen LogP contribution in [0.3, 0.4) is 0 Å². The van der Waals surface area contributed by atoms with Gasteiger partial charge in [0.15, 0.2) is 0 Å². The summed E-state index contributed by atoms with van der Waals surface area (Å²) in [6, 6.07) is 3.83. The summed E-state index contributed by atoms with van der Waals surface area (Å²) in [7, 11) is -4.29. The van der Waals surface area contributed by atoms with Gasteiger partial charge in [-0.05, 0) is 25.0 Å². The van der Waals surface area contributed by atoms with Crippen molar-refractivity contribution in [1.82, 2.24) is 0 Å². The van der Waals surface area contributed by atoms with Crippen molar-refractivity contribution in [3.05, 3.63) is 23.8 Å². The molecule has 0 saturated heterocycles. The van der Waals surface area contributed by atoms with Crippen LogP contribution in [-0.2, 0) is 16.5 Å². The molecule has 1 rings (SSSR count). The minimum absolute atomic E-state index is 0. The van der Waals surface area contributed by atoms with Crippen LogP contribution in [0.25, 0.3) is 0 Å². The molecular weight excluding hydrogens is 371 g/mol. The summed E-state index contributed by atoms with van der Waals surface area (Å²) in [6.45, 7) is 2.25. The zero-order valence-corrected chi connectivity index (χ0v) is 20.0. The van der Waals surface area contributed by atoms with Gasteiger partial charge in [0, 0.05) is 0 Å². The molecule has 0 atom stereocenters. The summed E-state index contributed by atoms with van der Waals surface area (Å²) in [4.78, 5) is -0.323. The Bertz CT molecular complexity index is 602. The molecule has 0 heterocycles. The van der Waals surface area contributed by atoms with Crippen molar-refractivity contribution in [3.63, 3.8) is 0 Å². The van der Waals surface area contributed by atoms with Crippen molar-refractivity contribution < 1.29 is 47.6 Å². The van der Waals surface area contributed by atoms with Crippen LogP contribution in [-0.4, -0.2) is 13.0 Å². The van der Waals surface area contributed by atoms with Crippen molar-refractivity contribution in [1.29, 1.82) is 0 Å². The Labute approximate surface area is 188 Å². The normalized spacial score (nSPS) is 11.3. The third-order valence-corrected chi connectivity index (χ3v) is 5.74. The molecule has 0 amide bonds. The van der Waals surface area contributed by atoms with E-state index in [4.69, 9.17) is 4.55 Å². The molecule has 0 bridgehead atoms. The third-order valence-electron chi connectivity index (χ3n) is 4.89. The SMILES string of the molecule is CCCCCCCCCCCCCCCc1ccc(S(=O)(=O)O)cc1[O-].[Na+]. The van der Waals surface area contributed by atoms with Gasteiger partial charge in [0.1, 0.15) is 0 Å². The van der Waals surface area contributed by atoms with Crippen molar-refractivity contribution in [2.24, 2.45) is 0 Å². The first kappa shape index (κ1) is 26.9. The van der Waals surface area contributed by atoms with Crippen molar-refractivity contribution in [2.75, 3.05) is 0 Å². The minimum atomic E-state index is -4.29. The van der Waals surface area contributed by atoms with E-state index >= 15 is 0 Å². The van der Waals surface area contributed by atoms with Gasteiger partial charge in [0.25, 0.3) is 10.1 Å². The van der Waals surface area contributed by atoms with Gasteiger partial charge in [-0.3, -0.25) is 4.55 Å².